The van der Waals surface area contributed by atoms with E-state index < -0.39 is 32.5 Å². The largest absolute Gasteiger partial charge is 0.469 e. The van der Waals surface area contributed by atoms with Gasteiger partial charge in [-0.25, -0.2) is 4.57 Å². The van der Waals surface area contributed by atoms with E-state index in [1.54, 1.807) is 0 Å². The Balaban J connectivity index is 3.75. The van der Waals surface area contributed by atoms with Gasteiger partial charge in [-0.1, -0.05) is 70.4 Å². The highest BCUT2D eigenvalue weighted by Crippen LogP contribution is 2.35. The summed E-state index contributed by atoms with van der Waals surface area (Å²) in [5, 5.41) is 0. The molecule has 0 amide bonds. The number of carbonyl (C=O) groups excluding carboxylic acids is 2. The maximum absolute atomic E-state index is 11.9. The van der Waals surface area contributed by atoms with Crippen molar-refractivity contribution in [2.45, 2.75) is 110 Å². The zero-order chi connectivity index (χ0) is 24.1. The van der Waals surface area contributed by atoms with Gasteiger partial charge in [0.1, 0.15) is 6.61 Å². The molecular weight excluding hydrogens is 435 g/mol. The lowest BCUT2D eigenvalue weighted by molar-refractivity contribution is -0.160. The van der Waals surface area contributed by atoms with E-state index in [9.17, 15) is 14.2 Å². The van der Waals surface area contributed by atoms with E-state index in [0.29, 0.717) is 6.42 Å². The van der Waals surface area contributed by atoms with Crippen molar-refractivity contribution in [2.24, 2.45) is 0 Å². The molecule has 8 nitrogen and oxygen atoms in total. The average molecular weight is 479 g/mol. The molecule has 2 N–H and O–H groups in total. The number of hydrogen-bond acceptors (Lipinski definition) is 6. The van der Waals surface area contributed by atoms with Crippen LogP contribution in [0.15, 0.2) is 12.2 Å². The third-order valence-electron chi connectivity index (χ3n) is 4.84. The summed E-state index contributed by atoms with van der Waals surface area (Å²) < 4.78 is 25.0. The van der Waals surface area contributed by atoms with Crippen LogP contribution < -0.4 is 0 Å². The van der Waals surface area contributed by atoms with E-state index in [1.807, 2.05) is 0 Å². The van der Waals surface area contributed by atoms with Crippen LogP contribution >= 0.6 is 7.82 Å². The van der Waals surface area contributed by atoms with Gasteiger partial charge in [0, 0.05) is 13.3 Å². The van der Waals surface area contributed by atoms with Gasteiger partial charge in [0.2, 0.25) is 0 Å². The van der Waals surface area contributed by atoms with E-state index in [-0.39, 0.29) is 13.0 Å². The third-order valence-corrected chi connectivity index (χ3v) is 5.33. The van der Waals surface area contributed by atoms with Crippen molar-refractivity contribution in [1.29, 1.82) is 0 Å². The second-order valence-corrected chi connectivity index (χ2v) is 9.27. The molecule has 0 heterocycles. The topological polar surface area (TPSA) is 119 Å². The lowest BCUT2D eigenvalue weighted by Gasteiger charge is -2.18. The molecule has 0 unspecified atom stereocenters. The third kappa shape index (κ3) is 23.5. The molecule has 0 bridgehead atoms. The molecule has 0 aromatic heterocycles. The van der Waals surface area contributed by atoms with E-state index in [0.717, 1.165) is 32.1 Å². The number of phosphoric ester groups is 1. The number of hydrogen-bond donors (Lipinski definition) is 2. The van der Waals surface area contributed by atoms with Crippen LogP contribution in [0.5, 0.6) is 0 Å². The first-order valence-electron chi connectivity index (χ1n) is 11.9. The summed E-state index contributed by atoms with van der Waals surface area (Å²) in [5.74, 6) is -1.09. The summed E-state index contributed by atoms with van der Waals surface area (Å²) in [6.45, 7) is 2.57. The minimum Gasteiger partial charge on any atom is -0.462 e. The Morgan fingerprint density at radius 1 is 0.844 bits per heavy atom. The highest BCUT2D eigenvalue weighted by atomic mass is 31.2. The molecule has 9 heteroatoms. The molecule has 0 rings (SSSR count). The fourth-order valence-corrected chi connectivity index (χ4v) is 3.45. The van der Waals surface area contributed by atoms with E-state index in [1.165, 1.54) is 51.9 Å². The van der Waals surface area contributed by atoms with Gasteiger partial charge in [-0.15, -0.1) is 0 Å². The molecule has 32 heavy (non-hydrogen) atoms. The number of carbonyl (C=O) groups is 2. The molecule has 0 aliphatic carbocycles. The number of esters is 2. The van der Waals surface area contributed by atoms with Gasteiger partial charge < -0.3 is 19.3 Å². The first-order chi connectivity index (χ1) is 15.2. The molecule has 188 valence electrons. The van der Waals surface area contributed by atoms with Crippen molar-refractivity contribution in [3.8, 4) is 0 Å². The van der Waals surface area contributed by atoms with E-state index >= 15 is 0 Å². The first-order valence-corrected chi connectivity index (χ1v) is 13.5. The zero-order valence-electron chi connectivity index (χ0n) is 19.8. The number of ether oxygens (including phenoxy) is 2. The molecule has 0 spiro atoms. The molecule has 0 saturated heterocycles. The van der Waals surface area contributed by atoms with Gasteiger partial charge in [0.05, 0.1) is 6.61 Å². The number of unbranched alkanes of at least 4 members (excludes halogenated alkanes) is 11. The lowest BCUT2D eigenvalue weighted by Crippen LogP contribution is -2.29. The SMILES string of the molecule is CCCCCCCC/C=C\CCCCCCCC(=O)O[C@H](COC(C)=O)COP(=O)(O)O. The van der Waals surface area contributed by atoms with Crippen LogP contribution in [0, 0.1) is 0 Å². The van der Waals surface area contributed by atoms with Crippen molar-refractivity contribution in [1.82, 2.24) is 0 Å². The van der Waals surface area contributed by atoms with Crippen LogP contribution in [0.1, 0.15) is 104 Å². The summed E-state index contributed by atoms with van der Waals surface area (Å²) >= 11 is 0. The van der Waals surface area contributed by atoms with Crippen LogP contribution in [-0.4, -0.2) is 41.0 Å². The average Bonchev–Trinajstić information content (AvgIpc) is 2.72. The van der Waals surface area contributed by atoms with Crippen LogP contribution in [0.4, 0.5) is 0 Å². The van der Waals surface area contributed by atoms with Crippen molar-refractivity contribution in [2.75, 3.05) is 13.2 Å². The zero-order valence-corrected chi connectivity index (χ0v) is 20.7. The molecule has 0 aliphatic rings. The Morgan fingerprint density at radius 2 is 1.38 bits per heavy atom. The molecule has 1 atom stereocenters. The molecule has 0 saturated carbocycles. The van der Waals surface area contributed by atoms with Gasteiger partial charge in [-0.3, -0.25) is 14.1 Å². The van der Waals surface area contributed by atoms with Gasteiger partial charge in [0.15, 0.2) is 6.10 Å². The van der Waals surface area contributed by atoms with Crippen molar-refractivity contribution in [3.05, 3.63) is 12.2 Å². The second-order valence-electron chi connectivity index (χ2n) is 8.04. The standard InChI is InChI=1S/C23H43O8P/c1-3-4-5-6-7-8-9-10-11-12-13-14-15-16-17-18-23(25)31-22(19-29-21(2)24)20-30-32(26,27)28/h10-11,22H,3-9,12-20H2,1-2H3,(H2,26,27,28)/b11-10-/t22-/m1/s1. The smallest absolute Gasteiger partial charge is 0.462 e. The van der Waals surface area contributed by atoms with Crippen LogP contribution in [0.25, 0.3) is 0 Å². The predicted molar refractivity (Wildman–Crippen MR) is 124 cm³/mol. The van der Waals surface area contributed by atoms with E-state index in [4.69, 9.17) is 19.3 Å². The molecule has 0 aliphatic heterocycles. The maximum Gasteiger partial charge on any atom is 0.469 e. The summed E-state index contributed by atoms with van der Waals surface area (Å²) in [6.07, 6.45) is 18.8. The summed E-state index contributed by atoms with van der Waals surface area (Å²) in [5.41, 5.74) is 0. The highest BCUT2D eigenvalue weighted by Gasteiger charge is 2.22. The van der Waals surface area contributed by atoms with Crippen molar-refractivity contribution >= 4 is 19.8 Å². The van der Waals surface area contributed by atoms with E-state index in [2.05, 4.69) is 23.6 Å². The van der Waals surface area contributed by atoms with Crippen LogP contribution in [0.2, 0.25) is 0 Å². The van der Waals surface area contributed by atoms with Gasteiger partial charge in [-0.05, 0) is 32.1 Å². The Labute approximate surface area is 193 Å². The monoisotopic (exact) mass is 478 g/mol. The summed E-state index contributed by atoms with van der Waals surface area (Å²) in [4.78, 5) is 40.4. The predicted octanol–water partition coefficient (Wildman–Crippen LogP) is 5.61. The normalized spacial score (nSPS) is 12.8. The molecule has 0 aromatic carbocycles. The Morgan fingerprint density at radius 3 is 1.91 bits per heavy atom. The van der Waals surface area contributed by atoms with Crippen LogP contribution in [-0.2, 0) is 28.2 Å². The number of rotatable bonds is 21. The number of phosphoric acid groups is 1. The fourth-order valence-electron chi connectivity index (χ4n) is 3.09. The first kappa shape index (κ1) is 30.8. The minimum absolute atomic E-state index is 0.199. The van der Waals surface area contributed by atoms with Gasteiger partial charge in [-0.2, -0.15) is 0 Å². The number of allylic oxidation sites excluding steroid dienone is 2. The van der Waals surface area contributed by atoms with Gasteiger partial charge >= 0.3 is 19.8 Å². The Hall–Kier alpha value is -1.21. The van der Waals surface area contributed by atoms with Crippen molar-refractivity contribution < 1.29 is 37.9 Å². The highest BCUT2D eigenvalue weighted by molar-refractivity contribution is 7.46. The summed E-state index contributed by atoms with van der Waals surface area (Å²) in [6, 6.07) is 0. The lowest BCUT2D eigenvalue weighted by atomic mass is 10.1. The Bertz CT molecular complexity index is 558. The molecule has 0 aromatic rings. The fraction of sp³-hybridized carbons (Fsp3) is 0.826. The van der Waals surface area contributed by atoms with Crippen molar-refractivity contribution in [3.63, 3.8) is 0 Å². The Kier molecular flexibility index (Phi) is 19.6. The summed E-state index contributed by atoms with van der Waals surface area (Å²) in [7, 11) is -4.70. The second kappa shape index (κ2) is 20.4. The maximum atomic E-state index is 11.9. The van der Waals surface area contributed by atoms with Crippen LogP contribution in [0.3, 0.4) is 0 Å². The molecular formula is C23H43O8P. The van der Waals surface area contributed by atoms with Gasteiger partial charge in [0.25, 0.3) is 0 Å². The molecule has 0 radical (unpaired) electrons. The minimum atomic E-state index is -4.70. The molecule has 0 fully saturated rings. The quantitative estimate of drug-likeness (QED) is 0.0946.